The van der Waals surface area contributed by atoms with Crippen LogP contribution in [-0.2, 0) is 4.79 Å². The highest BCUT2D eigenvalue weighted by Gasteiger charge is 2.16. The van der Waals surface area contributed by atoms with E-state index in [1.807, 2.05) is 12.1 Å². The van der Waals surface area contributed by atoms with Gasteiger partial charge in [-0.2, -0.15) is 5.10 Å². The van der Waals surface area contributed by atoms with Crippen LogP contribution in [-0.4, -0.2) is 46.9 Å². The van der Waals surface area contributed by atoms with E-state index in [2.05, 4.69) is 25.6 Å². The van der Waals surface area contributed by atoms with E-state index in [9.17, 15) is 4.79 Å². The van der Waals surface area contributed by atoms with Gasteiger partial charge >= 0.3 is 0 Å². The van der Waals surface area contributed by atoms with Crippen molar-refractivity contribution in [1.82, 2.24) is 20.1 Å². The summed E-state index contributed by atoms with van der Waals surface area (Å²) in [4.78, 5) is 18.8. The van der Waals surface area contributed by atoms with Crippen molar-refractivity contribution < 1.29 is 4.79 Å². The second-order valence-corrected chi connectivity index (χ2v) is 5.29. The van der Waals surface area contributed by atoms with Crippen LogP contribution in [0.3, 0.4) is 0 Å². The lowest BCUT2D eigenvalue weighted by Gasteiger charge is -2.29. The molecule has 0 spiro atoms. The smallest absolute Gasteiger partial charge is 0.250 e. The van der Waals surface area contributed by atoms with Crippen LogP contribution in [0.25, 0.3) is 0 Å². The summed E-state index contributed by atoms with van der Waals surface area (Å²) in [6, 6.07) is 5.26. The van der Waals surface area contributed by atoms with Crippen LogP contribution in [0.2, 0.25) is 0 Å². The molecule has 0 radical (unpaired) electrons. The topological polar surface area (TPSA) is 75.1 Å². The number of nitrogens with one attached hydrogen (secondary N) is 2. The molecule has 0 aliphatic carbocycles. The van der Waals surface area contributed by atoms with Crippen molar-refractivity contribution in [2.24, 2.45) is 0 Å². The van der Waals surface area contributed by atoms with E-state index in [0.717, 1.165) is 31.9 Å². The lowest BCUT2D eigenvalue weighted by molar-refractivity contribution is -0.119. The number of hydrogen-bond donors (Lipinski definition) is 2. The number of amides is 1. The molecule has 1 aliphatic rings. The molecule has 24 heavy (non-hydrogen) atoms. The number of aromatic nitrogens is 3. The van der Waals surface area contributed by atoms with E-state index in [1.54, 1.807) is 36.3 Å². The number of anilines is 2. The Balaban J connectivity index is 0.00000144. The average molecular weight is 373 g/mol. The number of pyridine rings is 1. The average Bonchev–Trinajstić information content (AvgIpc) is 3.10. The Morgan fingerprint density at radius 2 is 2.04 bits per heavy atom. The van der Waals surface area contributed by atoms with Crippen molar-refractivity contribution in [2.45, 2.75) is 13.0 Å². The summed E-state index contributed by atoms with van der Waals surface area (Å²) in [7, 11) is 0. The quantitative estimate of drug-likeness (QED) is 0.854. The fraction of sp³-hybridized carbons (Fsp3) is 0.400. The van der Waals surface area contributed by atoms with Gasteiger partial charge in [-0.05, 0) is 25.1 Å². The van der Waals surface area contributed by atoms with Gasteiger partial charge in [0.05, 0.1) is 11.9 Å². The molecule has 2 N–H and O–H groups in total. The van der Waals surface area contributed by atoms with Crippen molar-refractivity contribution in [3.05, 3.63) is 36.8 Å². The predicted molar refractivity (Wildman–Crippen MR) is 99.4 cm³/mol. The molecule has 0 saturated carbocycles. The number of nitrogens with zero attached hydrogens (tertiary/aromatic N) is 4. The minimum absolute atomic E-state index is 0. The van der Waals surface area contributed by atoms with E-state index in [4.69, 9.17) is 0 Å². The third-order valence-electron chi connectivity index (χ3n) is 3.78. The van der Waals surface area contributed by atoms with Crippen LogP contribution in [0.5, 0.6) is 0 Å². The molecule has 1 aliphatic heterocycles. The first-order valence-electron chi connectivity index (χ1n) is 7.46. The Bertz CT molecular complexity index is 613. The van der Waals surface area contributed by atoms with Crippen LogP contribution in [0.15, 0.2) is 36.8 Å². The highest BCUT2D eigenvalue weighted by Crippen LogP contribution is 2.16. The zero-order valence-electron chi connectivity index (χ0n) is 13.4. The highest BCUT2D eigenvalue weighted by molar-refractivity contribution is 5.92. The molecular weight excluding hydrogens is 351 g/mol. The monoisotopic (exact) mass is 372 g/mol. The molecule has 3 rings (SSSR count). The maximum Gasteiger partial charge on any atom is 0.250 e. The fourth-order valence-electron chi connectivity index (χ4n) is 2.43. The van der Waals surface area contributed by atoms with Gasteiger partial charge in [-0.3, -0.25) is 9.48 Å². The molecule has 3 heterocycles. The van der Waals surface area contributed by atoms with E-state index in [1.165, 1.54) is 0 Å². The Hall–Kier alpha value is -1.83. The fourth-order valence-corrected chi connectivity index (χ4v) is 2.43. The van der Waals surface area contributed by atoms with Gasteiger partial charge < -0.3 is 15.5 Å². The van der Waals surface area contributed by atoms with E-state index < -0.39 is 0 Å². The second-order valence-electron chi connectivity index (χ2n) is 5.29. The summed E-state index contributed by atoms with van der Waals surface area (Å²) in [6.07, 6.45) is 5.23. The van der Waals surface area contributed by atoms with E-state index >= 15 is 0 Å². The van der Waals surface area contributed by atoms with E-state index in [0.29, 0.717) is 5.82 Å². The van der Waals surface area contributed by atoms with Crippen molar-refractivity contribution >= 4 is 42.2 Å². The molecule has 1 atom stereocenters. The molecule has 2 aromatic rings. The Kier molecular flexibility index (Phi) is 7.97. The summed E-state index contributed by atoms with van der Waals surface area (Å²) < 4.78 is 1.62. The molecule has 1 saturated heterocycles. The first-order valence-corrected chi connectivity index (χ1v) is 7.46. The molecule has 2 aromatic heterocycles. The number of halogens is 2. The standard InChI is InChI=1S/C15H20N6O.2ClH/c1-12(21-8-2-5-18-21)15(22)19-14-4-3-13(11-17-14)20-9-6-16-7-10-20;;/h2-5,8,11-12,16H,6-7,9-10H2,1H3,(H,17,19,22);2*1H. The van der Waals surface area contributed by atoms with E-state index in [-0.39, 0.29) is 36.8 Å². The Labute approximate surface area is 153 Å². The lowest BCUT2D eigenvalue weighted by atomic mass is 10.3. The first-order chi connectivity index (χ1) is 10.7. The minimum Gasteiger partial charge on any atom is -0.368 e. The highest BCUT2D eigenvalue weighted by atomic mass is 35.5. The van der Waals surface area contributed by atoms with Crippen molar-refractivity contribution in [3.8, 4) is 0 Å². The number of rotatable bonds is 4. The zero-order chi connectivity index (χ0) is 15.4. The molecule has 1 fully saturated rings. The number of carbonyl (C=O) groups excluding carboxylic acids is 1. The SMILES string of the molecule is CC(C(=O)Nc1ccc(N2CCNCC2)cn1)n1cccn1.Cl.Cl. The number of carbonyl (C=O) groups is 1. The minimum atomic E-state index is -0.371. The molecule has 7 nitrogen and oxygen atoms in total. The summed E-state index contributed by atoms with van der Waals surface area (Å²) in [6.45, 7) is 5.73. The maximum atomic E-state index is 12.2. The van der Waals surface area contributed by atoms with Gasteiger partial charge in [-0.25, -0.2) is 4.98 Å². The molecule has 0 bridgehead atoms. The van der Waals surface area contributed by atoms with Crippen LogP contribution >= 0.6 is 24.8 Å². The normalized spacial score (nSPS) is 15.0. The van der Waals surface area contributed by atoms with Gasteiger partial charge in [0.1, 0.15) is 11.9 Å². The Morgan fingerprint density at radius 3 is 2.62 bits per heavy atom. The molecule has 132 valence electrons. The van der Waals surface area contributed by atoms with Crippen LogP contribution in [0.1, 0.15) is 13.0 Å². The molecule has 9 heteroatoms. The summed E-state index contributed by atoms with van der Waals surface area (Å²) in [5.41, 5.74) is 1.08. The van der Waals surface area contributed by atoms with Crippen molar-refractivity contribution in [2.75, 3.05) is 36.4 Å². The van der Waals surface area contributed by atoms with Crippen LogP contribution in [0.4, 0.5) is 11.5 Å². The van der Waals surface area contributed by atoms with Gasteiger partial charge in [0.15, 0.2) is 0 Å². The van der Waals surface area contributed by atoms with Gasteiger partial charge in [0.25, 0.3) is 0 Å². The van der Waals surface area contributed by atoms with Crippen LogP contribution in [0, 0.1) is 0 Å². The van der Waals surface area contributed by atoms with Gasteiger partial charge in [-0.15, -0.1) is 24.8 Å². The number of hydrogen-bond acceptors (Lipinski definition) is 5. The Morgan fingerprint density at radius 1 is 1.29 bits per heavy atom. The van der Waals surface area contributed by atoms with Crippen molar-refractivity contribution in [3.63, 3.8) is 0 Å². The van der Waals surface area contributed by atoms with Gasteiger partial charge in [0.2, 0.25) is 5.91 Å². The zero-order valence-corrected chi connectivity index (χ0v) is 15.0. The number of piperazine rings is 1. The molecule has 0 aromatic carbocycles. The third-order valence-corrected chi connectivity index (χ3v) is 3.78. The first kappa shape index (κ1) is 20.2. The molecular formula is C15H22Cl2N6O. The predicted octanol–water partition coefficient (Wildman–Crippen LogP) is 1.73. The molecule has 1 unspecified atom stereocenters. The summed E-state index contributed by atoms with van der Waals surface area (Å²) in [5.74, 6) is 0.425. The lowest BCUT2D eigenvalue weighted by Crippen LogP contribution is -2.43. The summed E-state index contributed by atoms with van der Waals surface area (Å²) in [5, 5.41) is 10.2. The third kappa shape index (κ3) is 4.83. The maximum absolute atomic E-state index is 12.2. The van der Waals surface area contributed by atoms with Crippen molar-refractivity contribution in [1.29, 1.82) is 0 Å². The molecule has 1 amide bonds. The second kappa shape index (κ2) is 9.46. The largest absolute Gasteiger partial charge is 0.368 e. The van der Waals surface area contributed by atoms with Crippen LogP contribution < -0.4 is 15.5 Å². The van der Waals surface area contributed by atoms with Gasteiger partial charge in [-0.1, -0.05) is 0 Å². The summed E-state index contributed by atoms with van der Waals surface area (Å²) >= 11 is 0. The van der Waals surface area contributed by atoms with Gasteiger partial charge in [0, 0.05) is 38.6 Å².